The Hall–Kier alpha value is -1.76. The number of aromatic nitrogens is 1. The first-order valence-corrected chi connectivity index (χ1v) is 9.78. The predicted octanol–water partition coefficient (Wildman–Crippen LogP) is 2.37. The molecule has 2 heterocycles. The summed E-state index contributed by atoms with van der Waals surface area (Å²) < 4.78 is 27.8. The summed E-state index contributed by atoms with van der Waals surface area (Å²) in [5.74, 6) is 0. The monoisotopic (exact) mass is 345 g/mol. The molecule has 1 aliphatic heterocycles. The molecule has 1 N–H and O–H groups in total. The fourth-order valence-electron chi connectivity index (χ4n) is 3.08. The number of pyridine rings is 1. The SMILES string of the molecule is CCCc1ccc(S(=O)(=O)N2CCNCC2c2cccnc2)cc1. The van der Waals surface area contributed by atoms with Gasteiger partial charge in [-0.25, -0.2) is 8.42 Å². The Balaban J connectivity index is 1.91. The number of rotatable bonds is 5. The first kappa shape index (κ1) is 17.1. The molecule has 5 nitrogen and oxygen atoms in total. The van der Waals surface area contributed by atoms with Crippen molar-refractivity contribution in [3.63, 3.8) is 0 Å². The molecular formula is C18H23N3O2S. The van der Waals surface area contributed by atoms with Crippen molar-refractivity contribution in [3.8, 4) is 0 Å². The smallest absolute Gasteiger partial charge is 0.243 e. The highest BCUT2D eigenvalue weighted by Crippen LogP contribution is 2.28. The van der Waals surface area contributed by atoms with Crippen molar-refractivity contribution in [2.45, 2.75) is 30.7 Å². The van der Waals surface area contributed by atoms with Crippen LogP contribution in [0.4, 0.5) is 0 Å². The molecule has 1 aromatic carbocycles. The number of nitrogens with zero attached hydrogens (tertiary/aromatic N) is 2. The second-order valence-corrected chi connectivity index (χ2v) is 7.91. The Morgan fingerprint density at radius 3 is 2.71 bits per heavy atom. The third-order valence-corrected chi connectivity index (χ3v) is 6.25. The van der Waals surface area contributed by atoms with E-state index in [-0.39, 0.29) is 6.04 Å². The van der Waals surface area contributed by atoms with E-state index >= 15 is 0 Å². The van der Waals surface area contributed by atoms with Gasteiger partial charge in [-0.15, -0.1) is 0 Å². The van der Waals surface area contributed by atoms with Crippen LogP contribution in [0.1, 0.15) is 30.5 Å². The van der Waals surface area contributed by atoms with Crippen LogP contribution in [0, 0.1) is 0 Å². The molecular weight excluding hydrogens is 322 g/mol. The van der Waals surface area contributed by atoms with Gasteiger partial charge in [-0.3, -0.25) is 4.98 Å². The molecule has 1 saturated heterocycles. The highest BCUT2D eigenvalue weighted by molar-refractivity contribution is 7.89. The molecule has 2 aromatic rings. The van der Waals surface area contributed by atoms with Crippen LogP contribution in [-0.4, -0.2) is 37.3 Å². The number of hydrogen-bond donors (Lipinski definition) is 1. The first-order valence-electron chi connectivity index (χ1n) is 8.34. The topological polar surface area (TPSA) is 62.3 Å². The van der Waals surface area contributed by atoms with Crippen LogP contribution in [0.3, 0.4) is 0 Å². The van der Waals surface area contributed by atoms with Crippen molar-refractivity contribution in [2.75, 3.05) is 19.6 Å². The fourth-order valence-corrected chi connectivity index (χ4v) is 4.70. The van der Waals surface area contributed by atoms with Gasteiger partial charge in [0.2, 0.25) is 10.0 Å². The molecule has 1 unspecified atom stereocenters. The van der Waals surface area contributed by atoms with Crippen molar-refractivity contribution < 1.29 is 8.42 Å². The van der Waals surface area contributed by atoms with E-state index in [1.807, 2.05) is 24.3 Å². The molecule has 128 valence electrons. The van der Waals surface area contributed by atoms with Crippen LogP contribution in [0.2, 0.25) is 0 Å². The van der Waals surface area contributed by atoms with Crippen LogP contribution in [0.25, 0.3) is 0 Å². The van der Waals surface area contributed by atoms with Crippen LogP contribution in [-0.2, 0) is 16.4 Å². The maximum Gasteiger partial charge on any atom is 0.243 e. The van der Waals surface area contributed by atoms with Crippen LogP contribution in [0.15, 0.2) is 53.7 Å². The van der Waals surface area contributed by atoms with Gasteiger partial charge in [0, 0.05) is 32.0 Å². The van der Waals surface area contributed by atoms with E-state index < -0.39 is 10.0 Å². The van der Waals surface area contributed by atoms with Crippen LogP contribution >= 0.6 is 0 Å². The van der Waals surface area contributed by atoms with Gasteiger partial charge in [0.05, 0.1) is 10.9 Å². The molecule has 0 radical (unpaired) electrons. The first-order chi connectivity index (χ1) is 11.6. The maximum absolute atomic E-state index is 13.1. The number of benzene rings is 1. The Labute approximate surface area is 143 Å². The lowest BCUT2D eigenvalue weighted by Crippen LogP contribution is -2.48. The zero-order valence-corrected chi connectivity index (χ0v) is 14.7. The molecule has 0 saturated carbocycles. The van der Waals surface area contributed by atoms with Crippen LogP contribution < -0.4 is 5.32 Å². The summed E-state index contributed by atoms with van der Waals surface area (Å²) in [6.45, 7) is 3.82. The molecule has 0 bridgehead atoms. The predicted molar refractivity (Wildman–Crippen MR) is 94.2 cm³/mol. The summed E-state index contributed by atoms with van der Waals surface area (Å²) >= 11 is 0. The summed E-state index contributed by atoms with van der Waals surface area (Å²) in [5.41, 5.74) is 2.08. The van der Waals surface area contributed by atoms with E-state index in [1.165, 1.54) is 5.56 Å². The van der Waals surface area contributed by atoms with Crippen molar-refractivity contribution in [1.29, 1.82) is 0 Å². The van der Waals surface area contributed by atoms with Gasteiger partial charge in [0.1, 0.15) is 0 Å². The second-order valence-electron chi connectivity index (χ2n) is 6.02. The van der Waals surface area contributed by atoms with E-state index in [1.54, 1.807) is 28.8 Å². The minimum Gasteiger partial charge on any atom is -0.313 e. The molecule has 1 fully saturated rings. The maximum atomic E-state index is 13.1. The fraction of sp³-hybridized carbons (Fsp3) is 0.389. The lowest BCUT2D eigenvalue weighted by molar-refractivity contribution is 0.271. The summed E-state index contributed by atoms with van der Waals surface area (Å²) in [6.07, 6.45) is 5.45. The number of nitrogens with one attached hydrogen (secondary N) is 1. The number of sulfonamides is 1. The second kappa shape index (κ2) is 7.42. The Bertz CT molecular complexity index is 761. The minimum absolute atomic E-state index is 0.229. The van der Waals surface area contributed by atoms with Crippen molar-refractivity contribution in [1.82, 2.24) is 14.6 Å². The molecule has 1 aromatic heterocycles. The third-order valence-electron chi connectivity index (χ3n) is 4.33. The Kier molecular flexibility index (Phi) is 5.28. The number of hydrogen-bond acceptors (Lipinski definition) is 4. The lowest BCUT2D eigenvalue weighted by Gasteiger charge is -2.35. The molecule has 0 spiro atoms. The summed E-state index contributed by atoms with van der Waals surface area (Å²) in [7, 11) is -3.53. The number of aryl methyl sites for hydroxylation is 1. The van der Waals surface area contributed by atoms with Crippen molar-refractivity contribution in [3.05, 3.63) is 59.9 Å². The normalized spacial score (nSPS) is 19.3. The van der Waals surface area contributed by atoms with Crippen molar-refractivity contribution in [2.24, 2.45) is 0 Å². The molecule has 0 amide bonds. The minimum atomic E-state index is -3.53. The largest absolute Gasteiger partial charge is 0.313 e. The van der Waals surface area contributed by atoms with E-state index in [9.17, 15) is 8.42 Å². The highest BCUT2D eigenvalue weighted by atomic mass is 32.2. The van der Waals surface area contributed by atoms with Gasteiger partial charge < -0.3 is 5.32 Å². The standard InChI is InChI=1S/C18H23N3O2S/c1-2-4-15-6-8-17(9-7-15)24(22,23)21-12-11-20-14-18(21)16-5-3-10-19-13-16/h3,5-10,13,18,20H,2,4,11-12,14H2,1H3. The molecule has 1 aliphatic rings. The lowest BCUT2D eigenvalue weighted by atomic mass is 10.1. The molecule has 3 rings (SSSR count). The highest BCUT2D eigenvalue weighted by Gasteiger charge is 2.34. The Morgan fingerprint density at radius 1 is 1.25 bits per heavy atom. The summed E-state index contributed by atoms with van der Waals surface area (Å²) in [4.78, 5) is 4.49. The molecule has 6 heteroatoms. The Morgan fingerprint density at radius 2 is 2.04 bits per heavy atom. The van der Waals surface area contributed by atoms with Gasteiger partial charge in [0.25, 0.3) is 0 Å². The molecule has 1 atom stereocenters. The average Bonchev–Trinajstić information content (AvgIpc) is 2.63. The number of piperazine rings is 1. The van der Waals surface area contributed by atoms with E-state index in [4.69, 9.17) is 0 Å². The van der Waals surface area contributed by atoms with Gasteiger partial charge in [-0.1, -0.05) is 31.5 Å². The zero-order chi connectivity index (χ0) is 17.0. The zero-order valence-electron chi connectivity index (χ0n) is 13.9. The summed E-state index contributed by atoms with van der Waals surface area (Å²) in [6, 6.07) is 10.8. The van der Waals surface area contributed by atoms with E-state index in [2.05, 4.69) is 17.2 Å². The van der Waals surface area contributed by atoms with Gasteiger partial charge in [-0.2, -0.15) is 4.31 Å². The quantitative estimate of drug-likeness (QED) is 0.904. The van der Waals surface area contributed by atoms with Gasteiger partial charge in [0.15, 0.2) is 0 Å². The van der Waals surface area contributed by atoms with E-state index in [0.717, 1.165) is 18.4 Å². The average molecular weight is 345 g/mol. The van der Waals surface area contributed by atoms with Crippen LogP contribution in [0.5, 0.6) is 0 Å². The van der Waals surface area contributed by atoms with Gasteiger partial charge in [-0.05, 0) is 35.7 Å². The van der Waals surface area contributed by atoms with E-state index in [0.29, 0.717) is 24.5 Å². The molecule has 0 aliphatic carbocycles. The summed E-state index contributed by atoms with van der Waals surface area (Å²) in [5, 5.41) is 3.28. The third kappa shape index (κ3) is 3.50. The van der Waals surface area contributed by atoms with Crippen molar-refractivity contribution >= 4 is 10.0 Å². The van der Waals surface area contributed by atoms with Gasteiger partial charge >= 0.3 is 0 Å². The molecule has 24 heavy (non-hydrogen) atoms.